The quantitative estimate of drug-likeness (QED) is 0.738. The van der Waals surface area contributed by atoms with Gasteiger partial charge in [0.2, 0.25) is 0 Å². The third-order valence-corrected chi connectivity index (χ3v) is 6.38. The smallest absolute Gasteiger partial charge is 0.123 e. The highest BCUT2D eigenvalue weighted by atomic mass is 31.2. The van der Waals surface area contributed by atoms with E-state index < -0.39 is 7.14 Å². The van der Waals surface area contributed by atoms with Crippen molar-refractivity contribution in [1.82, 2.24) is 0 Å². The molecule has 20 heavy (non-hydrogen) atoms. The summed E-state index contributed by atoms with van der Waals surface area (Å²) < 4.78 is 25.9. The Bertz CT molecular complexity index is 617. The fraction of sp³-hybridized carbons (Fsp3) is 0.176. The lowest BCUT2D eigenvalue weighted by molar-refractivity contribution is 0.583. The van der Waals surface area contributed by atoms with Crippen LogP contribution < -0.4 is 5.30 Å². The van der Waals surface area contributed by atoms with Gasteiger partial charge < -0.3 is 4.57 Å². The first kappa shape index (κ1) is 14.7. The van der Waals surface area contributed by atoms with Gasteiger partial charge in [0, 0.05) is 17.6 Å². The minimum absolute atomic E-state index is 0.295. The summed E-state index contributed by atoms with van der Waals surface area (Å²) in [4.78, 5) is 0. The second-order valence-corrected chi connectivity index (χ2v) is 7.97. The number of halogens is 1. The molecule has 0 amide bonds. The highest BCUT2D eigenvalue weighted by Gasteiger charge is 2.20. The van der Waals surface area contributed by atoms with E-state index in [4.69, 9.17) is 0 Å². The van der Waals surface area contributed by atoms with Gasteiger partial charge in [-0.2, -0.15) is 0 Å². The Balaban J connectivity index is 2.14. The molecular formula is C17H18FOP. The molecule has 0 unspecified atom stereocenters. The van der Waals surface area contributed by atoms with Crippen LogP contribution >= 0.6 is 7.14 Å². The summed E-state index contributed by atoms with van der Waals surface area (Å²) in [6, 6.07) is 15.9. The summed E-state index contributed by atoms with van der Waals surface area (Å²) >= 11 is 0. The fourth-order valence-corrected chi connectivity index (χ4v) is 4.03. The van der Waals surface area contributed by atoms with Gasteiger partial charge in [-0.25, -0.2) is 4.39 Å². The summed E-state index contributed by atoms with van der Waals surface area (Å²) in [5.41, 5.74) is 1.09. The lowest BCUT2D eigenvalue weighted by Crippen LogP contribution is -2.08. The summed E-state index contributed by atoms with van der Waals surface area (Å²) in [7, 11) is -2.46. The molecule has 0 saturated carbocycles. The molecule has 104 valence electrons. The van der Waals surface area contributed by atoms with E-state index in [0.717, 1.165) is 10.9 Å². The molecular weight excluding hydrogens is 270 g/mol. The second-order valence-electron chi connectivity index (χ2n) is 4.68. The molecule has 0 N–H and O–H groups in total. The molecule has 2 aromatic carbocycles. The predicted octanol–water partition coefficient (Wildman–Crippen LogP) is 4.55. The molecule has 0 aliphatic carbocycles. The van der Waals surface area contributed by atoms with Crippen molar-refractivity contribution in [2.45, 2.75) is 6.92 Å². The van der Waals surface area contributed by atoms with Crippen LogP contribution in [0.3, 0.4) is 0 Å². The van der Waals surface area contributed by atoms with Crippen LogP contribution in [0.5, 0.6) is 0 Å². The van der Waals surface area contributed by atoms with Crippen LogP contribution in [-0.2, 0) is 4.57 Å². The number of hydrogen-bond donors (Lipinski definition) is 0. The summed E-state index contributed by atoms with van der Waals surface area (Å²) in [5, 5.41) is 0.749. The topological polar surface area (TPSA) is 17.1 Å². The molecule has 0 radical (unpaired) electrons. The molecule has 1 atom stereocenters. The van der Waals surface area contributed by atoms with Gasteiger partial charge in [-0.1, -0.05) is 49.4 Å². The maximum Gasteiger partial charge on any atom is 0.123 e. The summed E-state index contributed by atoms with van der Waals surface area (Å²) in [5.74, 6) is -0.295. The SMILES string of the molecule is CC[P@@](=O)(C/C=C/c1ccccc1)c1ccc(F)cc1. The second kappa shape index (κ2) is 6.67. The monoisotopic (exact) mass is 288 g/mol. The lowest BCUT2D eigenvalue weighted by atomic mass is 10.2. The average molecular weight is 288 g/mol. The zero-order valence-electron chi connectivity index (χ0n) is 11.5. The first-order valence-electron chi connectivity index (χ1n) is 6.70. The minimum Gasteiger partial charge on any atom is -0.318 e. The Kier molecular flexibility index (Phi) is 4.92. The van der Waals surface area contributed by atoms with Gasteiger partial charge in [0.25, 0.3) is 0 Å². The molecule has 3 heteroatoms. The molecule has 2 aromatic rings. The highest BCUT2D eigenvalue weighted by Crippen LogP contribution is 2.43. The zero-order valence-corrected chi connectivity index (χ0v) is 12.4. The number of benzene rings is 2. The van der Waals surface area contributed by atoms with Crippen molar-refractivity contribution in [2.24, 2.45) is 0 Å². The highest BCUT2D eigenvalue weighted by molar-refractivity contribution is 7.71. The van der Waals surface area contributed by atoms with Crippen molar-refractivity contribution in [3.05, 3.63) is 72.1 Å². The van der Waals surface area contributed by atoms with E-state index in [0.29, 0.717) is 12.3 Å². The summed E-state index contributed by atoms with van der Waals surface area (Å²) in [6.45, 7) is 1.92. The predicted molar refractivity (Wildman–Crippen MR) is 84.5 cm³/mol. The van der Waals surface area contributed by atoms with Crippen molar-refractivity contribution in [3.8, 4) is 0 Å². The van der Waals surface area contributed by atoms with Gasteiger partial charge in [-0.15, -0.1) is 0 Å². The lowest BCUT2D eigenvalue weighted by Gasteiger charge is -2.14. The van der Waals surface area contributed by atoms with E-state index in [2.05, 4.69) is 0 Å². The third-order valence-electron chi connectivity index (χ3n) is 3.32. The van der Waals surface area contributed by atoms with Gasteiger partial charge in [-0.3, -0.25) is 0 Å². The molecule has 0 heterocycles. The minimum atomic E-state index is -2.46. The molecule has 2 rings (SSSR count). The molecule has 0 saturated heterocycles. The van der Waals surface area contributed by atoms with E-state index in [1.807, 2.05) is 49.4 Å². The van der Waals surface area contributed by atoms with Gasteiger partial charge >= 0.3 is 0 Å². The van der Waals surface area contributed by atoms with E-state index in [-0.39, 0.29) is 5.82 Å². The molecule has 1 nitrogen and oxygen atoms in total. The Morgan fingerprint density at radius 3 is 2.30 bits per heavy atom. The Labute approximate surface area is 119 Å². The van der Waals surface area contributed by atoms with Crippen LogP contribution in [0.4, 0.5) is 4.39 Å². The Hall–Kier alpha value is -1.66. The molecule has 0 fully saturated rings. The van der Waals surface area contributed by atoms with Crippen LogP contribution in [-0.4, -0.2) is 12.3 Å². The average Bonchev–Trinajstić information content (AvgIpc) is 2.49. The van der Waals surface area contributed by atoms with Gasteiger partial charge in [0.1, 0.15) is 13.0 Å². The first-order valence-corrected chi connectivity index (χ1v) is 8.77. The molecule has 0 aliphatic heterocycles. The molecule has 0 spiro atoms. The normalized spacial score (nSPS) is 14.3. The van der Waals surface area contributed by atoms with E-state index in [1.54, 1.807) is 12.1 Å². The van der Waals surface area contributed by atoms with Gasteiger partial charge in [0.05, 0.1) is 0 Å². The maximum absolute atomic E-state index is 12.9. The van der Waals surface area contributed by atoms with Crippen molar-refractivity contribution in [2.75, 3.05) is 12.3 Å². The molecule has 0 bridgehead atoms. The van der Waals surface area contributed by atoms with Crippen molar-refractivity contribution in [3.63, 3.8) is 0 Å². The fourth-order valence-electron chi connectivity index (χ4n) is 2.05. The number of rotatable bonds is 5. The third kappa shape index (κ3) is 3.68. The van der Waals surface area contributed by atoms with Crippen LogP contribution in [0.1, 0.15) is 12.5 Å². The first-order chi connectivity index (χ1) is 9.64. The van der Waals surface area contributed by atoms with Crippen molar-refractivity contribution >= 4 is 18.5 Å². The van der Waals surface area contributed by atoms with Crippen LogP contribution in [0.25, 0.3) is 6.08 Å². The molecule has 0 aromatic heterocycles. The van der Waals surface area contributed by atoms with Crippen LogP contribution in [0.2, 0.25) is 0 Å². The maximum atomic E-state index is 12.9. The van der Waals surface area contributed by atoms with Crippen molar-refractivity contribution < 1.29 is 8.96 Å². The van der Waals surface area contributed by atoms with Crippen LogP contribution in [0, 0.1) is 5.82 Å². The van der Waals surface area contributed by atoms with Crippen LogP contribution in [0.15, 0.2) is 60.7 Å². The number of allylic oxidation sites excluding steroid dienone is 1. The van der Waals surface area contributed by atoms with Gasteiger partial charge in [-0.05, 0) is 29.8 Å². The Morgan fingerprint density at radius 1 is 1.05 bits per heavy atom. The van der Waals surface area contributed by atoms with Crippen molar-refractivity contribution in [1.29, 1.82) is 0 Å². The number of hydrogen-bond acceptors (Lipinski definition) is 1. The summed E-state index contributed by atoms with van der Waals surface area (Å²) in [6.07, 6.45) is 5.01. The van der Waals surface area contributed by atoms with E-state index in [9.17, 15) is 8.96 Å². The standard InChI is InChI=1S/C17H18FOP/c1-2-20(19,17-12-10-16(18)11-13-17)14-6-9-15-7-4-3-5-8-15/h3-13H,2,14H2,1H3/b9-6+/t20-/m1/s1. The zero-order chi connectivity index (χ0) is 14.4. The van der Waals surface area contributed by atoms with Gasteiger partial charge in [0.15, 0.2) is 0 Å². The largest absolute Gasteiger partial charge is 0.318 e. The Morgan fingerprint density at radius 2 is 1.70 bits per heavy atom. The van der Waals surface area contributed by atoms with E-state index >= 15 is 0 Å². The molecule has 0 aliphatic rings. The van der Waals surface area contributed by atoms with E-state index in [1.165, 1.54) is 12.1 Å².